The highest BCUT2D eigenvalue weighted by atomic mass is 16.5. The maximum Gasteiger partial charge on any atom is 0.254 e. The number of ether oxygens (including phenoxy) is 2. The molecule has 1 saturated carbocycles. The minimum absolute atomic E-state index is 0.0300. The van der Waals surface area contributed by atoms with E-state index in [9.17, 15) is 9.59 Å². The Kier molecular flexibility index (Phi) is 4.73. The molecule has 1 aromatic carbocycles. The lowest BCUT2D eigenvalue weighted by Crippen LogP contribution is -2.28. The third-order valence-corrected chi connectivity index (χ3v) is 5.48. The molecule has 6 heteroatoms. The third-order valence-electron chi connectivity index (χ3n) is 5.48. The van der Waals surface area contributed by atoms with Crippen molar-refractivity contribution < 1.29 is 19.1 Å². The van der Waals surface area contributed by atoms with Crippen molar-refractivity contribution in [2.24, 2.45) is 28.8 Å². The van der Waals surface area contributed by atoms with Crippen molar-refractivity contribution in [3.8, 4) is 11.5 Å². The standard InChI is InChI=1S/C22H26N2O4/c1-12(2)27-17-8-7-16(18(10-17)28-13(3)4)11-23-24-21(25)19-14-5-6-15(9-14)20(19)22(24)26/h5-8,10-15,19-20H,9H2,1-4H3. The van der Waals surface area contributed by atoms with Crippen LogP contribution in [0.5, 0.6) is 11.5 Å². The number of hydrazone groups is 1. The van der Waals surface area contributed by atoms with Crippen LogP contribution in [0.1, 0.15) is 39.7 Å². The molecular weight excluding hydrogens is 356 g/mol. The van der Waals surface area contributed by atoms with Crippen molar-refractivity contribution in [1.29, 1.82) is 0 Å². The molecular formula is C22H26N2O4. The highest BCUT2D eigenvalue weighted by Crippen LogP contribution is 2.52. The fourth-order valence-electron chi connectivity index (χ4n) is 4.44. The van der Waals surface area contributed by atoms with Crippen LogP contribution in [0.3, 0.4) is 0 Å². The fraction of sp³-hybridized carbons (Fsp3) is 0.500. The summed E-state index contributed by atoms with van der Waals surface area (Å²) in [4.78, 5) is 25.5. The molecule has 4 atom stereocenters. The highest BCUT2D eigenvalue weighted by Gasteiger charge is 2.59. The highest BCUT2D eigenvalue weighted by molar-refractivity contribution is 6.06. The molecule has 3 aliphatic rings. The van der Waals surface area contributed by atoms with Crippen LogP contribution < -0.4 is 9.47 Å². The molecule has 28 heavy (non-hydrogen) atoms. The Morgan fingerprint density at radius 3 is 2.18 bits per heavy atom. The van der Waals surface area contributed by atoms with E-state index in [2.05, 4.69) is 17.3 Å². The Bertz CT molecular complexity index is 828. The predicted molar refractivity (Wildman–Crippen MR) is 105 cm³/mol. The van der Waals surface area contributed by atoms with E-state index in [-0.39, 0.29) is 47.7 Å². The normalized spacial score (nSPS) is 28.3. The smallest absolute Gasteiger partial charge is 0.254 e. The number of carbonyl (C=O) groups is 2. The van der Waals surface area contributed by atoms with Crippen LogP contribution in [0, 0.1) is 23.7 Å². The SMILES string of the molecule is CC(C)Oc1ccc(C=NN2C(=O)C3C4C=CC(C4)C3C2=O)c(OC(C)C)c1. The van der Waals surface area contributed by atoms with Gasteiger partial charge in [-0.1, -0.05) is 12.2 Å². The summed E-state index contributed by atoms with van der Waals surface area (Å²) in [5.74, 6) is 0.813. The van der Waals surface area contributed by atoms with Gasteiger partial charge < -0.3 is 9.47 Å². The number of benzene rings is 1. The van der Waals surface area contributed by atoms with Crippen molar-refractivity contribution in [2.75, 3.05) is 0 Å². The molecule has 1 aliphatic heterocycles. The van der Waals surface area contributed by atoms with Crippen molar-refractivity contribution in [2.45, 2.75) is 46.3 Å². The maximum absolute atomic E-state index is 12.8. The van der Waals surface area contributed by atoms with Crippen LogP contribution in [0.4, 0.5) is 0 Å². The molecule has 4 unspecified atom stereocenters. The number of nitrogens with zero attached hydrogens (tertiary/aromatic N) is 2. The van der Waals surface area contributed by atoms with Gasteiger partial charge in [0.1, 0.15) is 11.5 Å². The fourth-order valence-corrected chi connectivity index (χ4v) is 4.44. The first-order valence-electron chi connectivity index (χ1n) is 9.92. The van der Waals surface area contributed by atoms with Gasteiger partial charge in [0.2, 0.25) is 0 Å². The van der Waals surface area contributed by atoms with Gasteiger partial charge in [0.05, 0.1) is 30.3 Å². The van der Waals surface area contributed by atoms with Gasteiger partial charge in [-0.25, -0.2) is 0 Å². The van der Waals surface area contributed by atoms with Gasteiger partial charge in [-0.15, -0.1) is 0 Å². The zero-order valence-corrected chi connectivity index (χ0v) is 16.7. The van der Waals surface area contributed by atoms with Gasteiger partial charge >= 0.3 is 0 Å². The number of fused-ring (bicyclic) bond motifs is 5. The molecule has 4 rings (SSSR count). The van der Waals surface area contributed by atoms with Gasteiger partial charge in [-0.3, -0.25) is 9.59 Å². The average Bonchev–Trinajstić information content (AvgIpc) is 3.28. The molecule has 2 fully saturated rings. The molecule has 0 radical (unpaired) electrons. The van der Waals surface area contributed by atoms with Crippen LogP contribution in [0.2, 0.25) is 0 Å². The zero-order valence-electron chi connectivity index (χ0n) is 16.7. The Morgan fingerprint density at radius 1 is 1.00 bits per heavy atom. The minimum Gasteiger partial charge on any atom is -0.491 e. The van der Waals surface area contributed by atoms with Gasteiger partial charge in [-0.05, 0) is 58.1 Å². The molecule has 0 N–H and O–H groups in total. The summed E-state index contributed by atoms with van der Waals surface area (Å²) in [5, 5.41) is 5.31. The summed E-state index contributed by atoms with van der Waals surface area (Å²) < 4.78 is 11.6. The molecule has 1 heterocycles. The Labute approximate surface area is 165 Å². The van der Waals surface area contributed by atoms with Gasteiger partial charge in [-0.2, -0.15) is 10.1 Å². The van der Waals surface area contributed by atoms with E-state index in [0.29, 0.717) is 17.1 Å². The second-order valence-corrected chi connectivity index (χ2v) is 8.27. The number of allylic oxidation sites excluding steroid dienone is 2. The van der Waals surface area contributed by atoms with Crippen LogP contribution in [0.25, 0.3) is 0 Å². The monoisotopic (exact) mass is 382 g/mol. The lowest BCUT2D eigenvalue weighted by atomic mass is 9.85. The second-order valence-electron chi connectivity index (χ2n) is 8.27. The first-order chi connectivity index (χ1) is 13.3. The van der Waals surface area contributed by atoms with Gasteiger partial charge in [0.25, 0.3) is 11.8 Å². The Hall–Kier alpha value is -2.63. The second kappa shape index (κ2) is 7.08. The maximum atomic E-state index is 12.8. The van der Waals surface area contributed by atoms with Crippen molar-refractivity contribution in [3.05, 3.63) is 35.9 Å². The van der Waals surface area contributed by atoms with Crippen LogP contribution in [-0.2, 0) is 9.59 Å². The number of imide groups is 1. The summed E-state index contributed by atoms with van der Waals surface area (Å²) in [5.41, 5.74) is 0.698. The van der Waals surface area contributed by atoms with E-state index in [1.807, 2.05) is 45.9 Å². The Morgan fingerprint density at radius 2 is 1.61 bits per heavy atom. The quantitative estimate of drug-likeness (QED) is 0.430. The molecule has 6 nitrogen and oxygen atoms in total. The average molecular weight is 382 g/mol. The van der Waals surface area contributed by atoms with E-state index < -0.39 is 0 Å². The van der Waals surface area contributed by atoms with Crippen LogP contribution in [0.15, 0.2) is 35.5 Å². The van der Waals surface area contributed by atoms with E-state index in [4.69, 9.17) is 9.47 Å². The van der Waals surface area contributed by atoms with Crippen molar-refractivity contribution in [1.82, 2.24) is 5.01 Å². The molecule has 1 saturated heterocycles. The first-order valence-corrected chi connectivity index (χ1v) is 9.92. The number of carbonyl (C=O) groups excluding carboxylic acids is 2. The summed E-state index contributed by atoms with van der Waals surface area (Å²) in [6.07, 6.45) is 6.61. The first kappa shape index (κ1) is 18.7. The van der Waals surface area contributed by atoms with Crippen molar-refractivity contribution in [3.63, 3.8) is 0 Å². The molecule has 148 valence electrons. The van der Waals surface area contributed by atoms with Gasteiger partial charge in [0.15, 0.2) is 0 Å². The lowest BCUT2D eigenvalue weighted by Gasteiger charge is -2.16. The summed E-state index contributed by atoms with van der Waals surface area (Å²) in [7, 11) is 0. The third kappa shape index (κ3) is 3.21. The molecule has 0 aromatic heterocycles. The van der Waals surface area contributed by atoms with Gasteiger partial charge in [0, 0.05) is 11.6 Å². The number of amides is 2. The number of rotatable bonds is 6. The molecule has 0 spiro atoms. The van der Waals surface area contributed by atoms with E-state index >= 15 is 0 Å². The summed E-state index contributed by atoms with van der Waals surface area (Å²) in [6, 6.07) is 5.48. The van der Waals surface area contributed by atoms with E-state index in [0.717, 1.165) is 11.4 Å². The lowest BCUT2D eigenvalue weighted by molar-refractivity contribution is -0.140. The van der Waals surface area contributed by atoms with Crippen LogP contribution >= 0.6 is 0 Å². The summed E-state index contributed by atoms with van der Waals surface area (Å²) in [6.45, 7) is 7.80. The molecule has 2 bridgehead atoms. The molecule has 2 aliphatic carbocycles. The topological polar surface area (TPSA) is 68.2 Å². The van der Waals surface area contributed by atoms with Crippen LogP contribution in [-0.4, -0.2) is 35.2 Å². The molecule has 2 amide bonds. The van der Waals surface area contributed by atoms with E-state index in [1.165, 1.54) is 6.21 Å². The predicted octanol–water partition coefficient (Wildman–Crippen LogP) is 3.40. The summed E-state index contributed by atoms with van der Waals surface area (Å²) >= 11 is 0. The largest absolute Gasteiger partial charge is 0.491 e. The number of hydrogen-bond acceptors (Lipinski definition) is 5. The van der Waals surface area contributed by atoms with Crippen molar-refractivity contribution >= 4 is 18.0 Å². The number of hydrogen-bond donors (Lipinski definition) is 0. The zero-order chi connectivity index (χ0) is 20.0. The minimum atomic E-state index is -0.243. The van der Waals surface area contributed by atoms with E-state index in [1.54, 1.807) is 0 Å². The molecule has 1 aromatic rings. The Balaban J connectivity index is 1.57.